The number of hydrogen-bond acceptors (Lipinski definition) is 12. The van der Waals surface area contributed by atoms with Crippen molar-refractivity contribution in [2.45, 2.75) is 76.3 Å². The molecule has 4 rings (SSSR count). The van der Waals surface area contributed by atoms with E-state index in [9.17, 15) is 27.6 Å². The molecular weight excluding hydrogens is 717 g/mol. The molecule has 0 aliphatic carbocycles. The van der Waals surface area contributed by atoms with E-state index >= 15 is 0 Å². The zero-order chi connectivity index (χ0) is 37.4. The molecule has 0 atom stereocenters. The normalized spacial score (nSPS) is 14.9. The molecule has 280 valence electrons. The first-order chi connectivity index (χ1) is 24.4. The Bertz CT molecular complexity index is 1570. The first kappa shape index (κ1) is 40.6. The molecule has 0 spiro atoms. The molecule has 2 aliphatic rings. The maximum Gasteiger partial charge on any atom is 0.500 e. The van der Waals surface area contributed by atoms with E-state index in [0.717, 1.165) is 9.80 Å². The molecular formula is C34H48N2O12SSi2. The van der Waals surface area contributed by atoms with Crippen molar-refractivity contribution in [3.8, 4) is 0 Å². The van der Waals surface area contributed by atoms with Crippen LogP contribution in [-0.2, 0) is 36.4 Å². The number of rotatable bonds is 22. The van der Waals surface area contributed by atoms with E-state index < -0.39 is 51.1 Å². The van der Waals surface area contributed by atoms with Crippen LogP contribution in [0.5, 0.6) is 0 Å². The van der Waals surface area contributed by atoms with Gasteiger partial charge in [0.25, 0.3) is 23.6 Å². The van der Waals surface area contributed by atoms with Crippen LogP contribution in [0.2, 0.25) is 12.1 Å². The highest BCUT2D eigenvalue weighted by Gasteiger charge is 2.43. The fourth-order valence-corrected chi connectivity index (χ4v) is 12.8. The second-order valence-electron chi connectivity index (χ2n) is 11.6. The molecule has 14 nitrogen and oxygen atoms in total. The molecule has 51 heavy (non-hydrogen) atoms. The molecule has 2 heterocycles. The van der Waals surface area contributed by atoms with Gasteiger partial charge in [-0.2, -0.15) is 0 Å². The van der Waals surface area contributed by atoms with Crippen molar-refractivity contribution in [3.63, 3.8) is 0 Å². The van der Waals surface area contributed by atoms with Crippen molar-refractivity contribution >= 4 is 51.1 Å². The molecule has 2 aromatic carbocycles. The van der Waals surface area contributed by atoms with Gasteiger partial charge >= 0.3 is 17.6 Å². The average Bonchev–Trinajstić information content (AvgIpc) is 3.48. The Labute approximate surface area is 301 Å². The Balaban J connectivity index is 1.49. The van der Waals surface area contributed by atoms with Crippen LogP contribution in [0.4, 0.5) is 0 Å². The highest BCUT2D eigenvalue weighted by atomic mass is 32.2. The predicted octanol–water partition coefficient (Wildman–Crippen LogP) is 4.59. The van der Waals surface area contributed by atoms with Crippen molar-refractivity contribution in [1.29, 1.82) is 0 Å². The number of hydrogen-bond donors (Lipinski definition) is 0. The van der Waals surface area contributed by atoms with Crippen LogP contribution < -0.4 is 0 Å². The van der Waals surface area contributed by atoms with Gasteiger partial charge in [0.2, 0.25) is 9.84 Å². The molecule has 0 unspecified atom stereocenters. The van der Waals surface area contributed by atoms with Crippen molar-refractivity contribution < 1.29 is 54.2 Å². The summed E-state index contributed by atoms with van der Waals surface area (Å²) < 4.78 is 62.8. The summed E-state index contributed by atoms with van der Waals surface area (Å²) in [6.45, 7) is 13.5. The summed E-state index contributed by atoms with van der Waals surface area (Å²) in [4.78, 5) is 54.9. The van der Waals surface area contributed by atoms with Crippen LogP contribution in [0.15, 0.2) is 46.2 Å². The maximum absolute atomic E-state index is 13.8. The molecule has 0 radical (unpaired) electrons. The highest BCUT2D eigenvalue weighted by molar-refractivity contribution is 7.91. The van der Waals surface area contributed by atoms with Crippen LogP contribution in [0.1, 0.15) is 95.8 Å². The quantitative estimate of drug-likeness (QED) is 0.121. The minimum Gasteiger partial charge on any atom is -0.374 e. The summed E-state index contributed by atoms with van der Waals surface area (Å²) in [6.07, 6.45) is 0.742. The number of imide groups is 2. The number of amides is 4. The van der Waals surface area contributed by atoms with E-state index in [4.69, 9.17) is 26.6 Å². The van der Waals surface area contributed by atoms with Crippen LogP contribution >= 0.6 is 0 Å². The number of nitrogens with zero attached hydrogens (tertiary/aromatic N) is 2. The summed E-state index contributed by atoms with van der Waals surface area (Å²) in [5.41, 5.74) is 0.122. The first-order valence-corrected chi connectivity index (χ1v) is 22.8. The van der Waals surface area contributed by atoms with Gasteiger partial charge in [-0.1, -0.05) is 0 Å². The van der Waals surface area contributed by atoms with Gasteiger partial charge < -0.3 is 26.6 Å². The summed E-state index contributed by atoms with van der Waals surface area (Å²) in [5, 5.41) is 0. The Morgan fingerprint density at radius 2 is 0.784 bits per heavy atom. The van der Waals surface area contributed by atoms with Gasteiger partial charge in [0.1, 0.15) is 0 Å². The van der Waals surface area contributed by atoms with E-state index in [0.29, 0.717) is 64.6 Å². The average molecular weight is 765 g/mol. The number of fused-ring (bicyclic) bond motifs is 2. The summed E-state index contributed by atoms with van der Waals surface area (Å²) in [7, 11) is -10.3. The minimum absolute atomic E-state index is 0.0339. The van der Waals surface area contributed by atoms with E-state index in [1.54, 1.807) is 0 Å². The van der Waals surface area contributed by atoms with Crippen LogP contribution in [0.3, 0.4) is 0 Å². The molecule has 0 fully saturated rings. The second-order valence-corrected chi connectivity index (χ2v) is 19.0. The largest absolute Gasteiger partial charge is 0.500 e. The van der Waals surface area contributed by atoms with E-state index in [1.165, 1.54) is 36.4 Å². The van der Waals surface area contributed by atoms with Gasteiger partial charge in [0.05, 0.1) is 32.0 Å². The van der Waals surface area contributed by atoms with Gasteiger partial charge in [-0.25, -0.2) is 8.42 Å². The van der Waals surface area contributed by atoms with Crippen LogP contribution in [0, 0.1) is 0 Å². The molecule has 0 aromatic heterocycles. The Hall–Kier alpha value is -3.14. The van der Waals surface area contributed by atoms with Crippen LogP contribution in [-0.4, -0.2) is 112 Å². The number of carbonyl (C=O) groups is 4. The van der Waals surface area contributed by atoms with Gasteiger partial charge in [0, 0.05) is 64.8 Å². The van der Waals surface area contributed by atoms with Gasteiger partial charge in [-0.3, -0.25) is 29.0 Å². The van der Waals surface area contributed by atoms with Gasteiger partial charge in [-0.05, 0) is 90.8 Å². The minimum atomic E-state index is -4.26. The molecule has 0 saturated heterocycles. The predicted molar refractivity (Wildman–Crippen MR) is 189 cm³/mol. The lowest BCUT2D eigenvalue weighted by atomic mass is 10.1. The lowest BCUT2D eigenvalue weighted by molar-refractivity contribution is 0.0608. The SMILES string of the molecule is CCO[Si](CCCN1C(=O)c2ccc(S(=O)(=O)c3ccc4c(c3)C(=O)N(CCC[Si](OCC)(OCC)OCC)C4=O)cc2C1=O)(OCC)OCC. The van der Waals surface area contributed by atoms with E-state index in [-0.39, 0.29) is 45.1 Å². The van der Waals surface area contributed by atoms with Gasteiger partial charge in [0.15, 0.2) is 0 Å². The summed E-state index contributed by atoms with van der Waals surface area (Å²) >= 11 is 0. The van der Waals surface area contributed by atoms with Crippen molar-refractivity contribution in [1.82, 2.24) is 9.80 Å². The number of sulfone groups is 1. The molecule has 17 heteroatoms. The summed E-state index contributed by atoms with van der Waals surface area (Å²) in [5.74, 6) is -2.28. The molecule has 2 aromatic rings. The third-order valence-corrected chi connectivity index (χ3v) is 16.5. The monoisotopic (exact) mass is 764 g/mol. The molecule has 4 amide bonds. The van der Waals surface area contributed by atoms with Crippen LogP contribution in [0.25, 0.3) is 0 Å². The smallest absolute Gasteiger partial charge is 0.374 e. The number of benzene rings is 2. The molecule has 2 aliphatic heterocycles. The third-order valence-electron chi connectivity index (χ3n) is 8.42. The highest BCUT2D eigenvalue weighted by Crippen LogP contribution is 2.32. The van der Waals surface area contributed by atoms with E-state index in [2.05, 4.69) is 0 Å². The Morgan fingerprint density at radius 1 is 0.490 bits per heavy atom. The maximum atomic E-state index is 13.8. The fraction of sp³-hybridized carbons (Fsp3) is 0.529. The molecule has 0 saturated carbocycles. The number of carbonyl (C=O) groups excluding carboxylic acids is 4. The Morgan fingerprint density at radius 3 is 1.08 bits per heavy atom. The second kappa shape index (κ2) is 17.6. The molecule has 0 bridgehead atoms. The third kappa shape index (κ3) is 8.58. The zero-order valence-electron chi connectivity index (χ0n) is 30.2. The topological polar surface area (TPSA) is 164 Å². The Kier molecular flexibility index (Phi) is 14.0. The standard InChI is InChI=1S/C34H48N2O12SSi2/c1-7-43-50(44-8-2,45-9-3)21-13-19-35-31(37)27-17-15-25(23-29(27)33(35)39)49(41,42)26-16-18-28-30(24-26)34(40)36(32(28)38)20-14-22-51(46-10-4,47-11-5)48-12-6/h15-18,23-24H,7-14,19-22H2,1-6H3. The zero-order valence-corrected chi connectivity index (χ0v) is 33.0. The first-order valence-electron chi connectivity index (χ1n) is 17.5. The fourth-order valence-electron chi connectivity index (χ4n) is 6.33. The lowest BCUT2D eigenvalue weighted by Crippen LogP contribution is -2.46. The lowest BCUT2D eigenvalue weighted by Gasteiger charge is -2.29. The van der Waals surface area contributed by atoms with E-state index in [1.807, 2.05) is 41.5 Å². The molecule has 0 N–H and O–H groups in total. The summed E-state index contributed by atoms with van der Waals surface area (Å²) in [6, 6.07) is 8.32. The van der Waals surface area contributed by atoms with Crippen molar-refractivity contribution in [2.24, 2.45) is 0 Å². The van der Waals surface area contributed by atoms with Crippen molar-refractivity contribution in [3.05, 3.63) is 58.7 Å². The van der Waals surface area contributed by atoms with Gasteiger partial charge in [-0.15, -0.1) is 0 Å². The van der Waals surface area contributed by atoms with Crippen molar-refractivity contribution in [2.75, 3.05) is 52.7 Å².